The van der Waals surface area contributed by atoms with E-state index >= 15 is 0 Å². The molecule has 3 heteroatoms. The van der Waals surface area contributed by atoms with Crippen molar-refractivity contribution >= 4 is 11.8 Å². The average molecular weight is 266 g/mol. The van der Waals surface area contributed by atoms with Gasteiger partial charge in [0.1, 0.15) is 5.75 Å². The molecule has 1 aliphatic carbocycles. The third-order valence-corrected chi connectivity index (χ3v) is 4.49. The lowest BCUT2D eigenvalue weighted by molar-refractivity contribution is 0.132. The van der Waals surface area contributed by atoms with Gasteiger partial charge in [-0.3, -0.25) is 0 Å². The number of ether oxygens (including phenoxy) is 1. The molecule has 1 aliphatic rings. The van der Waals surface area contributed by atoms with Crippen LogP contribution in [0.2, 0.25) is 0 Å². The van der Waals surface area contributed by atoms with Crippen molar-refractivity contribution in [1.29, 1.82) is 0 Å². The van der Waals surface area contributed by atoms with Gasteiger partial charge in [-0.25, -0.2) is 0 Å². The van der Waals surface area contributed by atoms with Gasteiger partial charge in [0.15, 0.2) is 0 Å². The Morgan fingerprint density at radius 2 is 1.72 bits per heavy atom. The maximum atomic E-state index is 9.49. The van der Waals surface area contributed by atoms with Crippen molar-refractivity contribution < 1.29 is 9.84 Å². The molecular formula is C15H22O2S. The summed E-state index contributed by atoms with van der Waals surface area (Å²) in [6.07, 6.45) is 4.30. The quantitative estimate of drug-likeness (QED) is 0.897. The summed E-state index contributed by atoms with van der Waals surface area (Å²) in [5.41, 5.74) is 0. The summed E-state index contributed by atoms with van der Waals surface area (Å²) >= 11 is 1.93. The van der Waals surface area contributed by atoms with Gasteiger partial charge in [0.25, 0.3) is 0 Å². The maximum Gasteiger partial charge on any atom is 0.119 e. The molecule has 0 unspecified atom stereocenters. The SMILES string of the molecule is CC(C)Oc1ccc(SC2CCC(O)CC2)cc1. The first-order valence-electron chi connectivity index (χ1n) is 6.75. The van der Waals surface area contributed by atoms with Gasteiger partial charge in [0.05, 0.1) is 12.2 Å². The summed E-state index contributed by atoms with van der Waals surface area (Å²) in [4.78, 5) is 1.30. The fraction of sp³-hybridized carbons (Fsp3) is 0.600. The van der Waals surface area contributed by atoms with Gasteiger partial charge in [-0.15, -0.1) is 11.8 Å². The highest BCUT2D eigenvalue weighted by Gasteiger charge is 2.19. The molecule has 0 aromatic heterocycles. The molecule has 0 atom stereocenters. The lowest BCUT2D eigenvalue weighted by Crippen LogP contribution is -2.19. The number of aliphatic hydroxyl groups excluding tert-OH is 1. The zero-order valence-corrected chi connectivity index (χ0v) is 12.0. The van der Waals surface area contributed by atoms with Crippen LogP contribution in [0, 0.1) is 0 Å². The zero-order valence-electron chi connectivity index (χ0n) is 11.1. The Morgan fingerprint density at radius 1 is 1.11 bits per heavy atom. The molecule has 0 bridgehead atoms. The molecule has 1 aromatic carbocycles. The second kappa shape index (κ2) is 6.48. The van der Waals surface area contributed by atoms with Crippen molar-refractivity contribution in [3.05, 3.63) is 24.3 Å². The minimum absolute atomic E-state index is 0.0660. The number of aliphatic hydroxyl groups is 1. The van der Waals surface area contributed by atoms with Gasteiger partial charge >= 0.3 is 0 Å². The van der Waals surface area contributed by atoms with Crippen LogP contribution in [0.4, 0.5) is 0 Å². The second-order valence-corrected chi connectivity index (χ2v) is 6.56. The van der Waals surface area contributed by atoms with E-state index in [1.165, 1.54) is 4.90 Å². The first kappa shape index (κ1) is 13.8. The van der Waals surface area contributed by atoms with E-state index in [0.717, 1.165) is 31.4 Å². The van der Waals surface area contributed by atoms with Crippen LogP contribution < -0.4 is 4.74 Å². The van der Waals surface area contributed by atoms with Gasteiger partial charge < -0.3 is 9.84 Å². The largest absolute Gasteiger partial charge is 0.491 e. The molecule has 1 saturated carbocycles. The number of hydrogen-bond donors (Lipinski definition) is 1. The Bertz CT molecular complexity index is 353. The first-order chi connectivity index (χ1) is 8.63. The molecule has 100 valence electrons. The molecular weight excluding hydrogens is 244 g/mol. The molecule has 0 radical (unpaired) electrons. The van der Waals surface area contributed by atoms with E-state index in [0.29, 0.717) is 5.25 Å². The zero-order chi connectivity index (χ0) is 13.0. The minimum atomic E-state index is -0.0660. The van der Waals surface area contributed by atoms with E-state index < -0.39 is 0 Å². The van der Waals surface area contributed by atoms with Crippen LogP contribution in [0.15, 0.2) is 29.2 Å². The van der Waals surface area contributed by atoms with E-state index in [1.807, 2.05) is 37.7 Å². The summed E-state index contributed by atoms with van der Waals surface area (Å²) in [5, 5.41) is 10.1. The van der Waals surface area contributed by atoms with Crippen molar-refractivity contribution in [2.45, 2.75) is 61.9 Å². The predicted octanol–water partition coefficient (Wildman–Crippen LogP) is 3.87. The van der Waals surface area contributed by atoms with Crippen LogP contribution in [0.3, 0.4) is 0 Å². The van der Waals surface area contributed by atoms with E-state index in [1.54, 1.807) is 0 Å². The molecule has 0 aliphatic heterocycles. The molecule has 0 amide bonds. The van der Waals surface area contributed by atoms with Gasteiger partial charge in [-0.1, -0.05) is 0 Å². The minimum Gasteiger partial charge on any atom is -0.491 e. The summed E-state index contributed by atoms with van der Waals surface area (Å²) < 4.78 is 5.63. The van der Waals surface area contributed by atoms with E-state index in [2.05, 4.69) is 12.1 Å². The number of thioether (sulfide) groups is 1. The summed E-state index contributed by atoms with van der Waals surface area (Å²) in [6.45, 7) is 4.08. The fourth-order valence-corrected chi connectivity index (χ4v) is 3.41. The molecule has 2 rings (SSSR count). The number of rotatable bonds is 4. The Hall–Kier alpha value is -0.670. The standard InChI is InChI=1S/C15H22O2S/c1-11(2)17-13-5-9-15(10-6-13)18-14-7-3-12(16)4-8-14/h5-6,9-12,14,16H,3-4,7-8H2,1-2H3. The molecule has 1 N–H and O–H groups in total. The van der Waals surface area contributed by atoms with Gasteiger partial charge in [0, 0.05) is 10.1 Å². The third-order valence-electron chi connectivity index (χ3n) is 3.14. The molecule has 0 spiro atoms. The van der Waals surface area contributed by atoms with Crippen LogP contribution in [0.5, 0.6) is 5.75 Å². The smallest absolute Gasteiger partial charge is 0.119 e. The van der Waals surface area contributed by atoms with Crippen LogP contribution in [-0.4, -0.2) is 22.6 Å². The van der Waals surface area contributed by atoms with Crippen molar-refractivity contribution in [1.82, 2.24) is 0 Å². The number of hydrogen-bond acceptors (Lipinski definition) is 3. The molecule has 18 heavy (non-hydrogen) atoms. The van der Waals surface area contributed by atoms with E-state index in [-0.39, 0.29) is 12.2 Å². The van der Waals surface area contributed by atoms with E-state index in [4.69, 9.17) is 4.74 Å². The first-order valence-corrected chi connectivity index (χ1v) is 7.63. The number of benzene rings is 1. The van der Waals surface area contributed by atoms with Crippen LogP contribution in [0.1, 0.15) is 39.5 Å². The second-order valence-electron chi connectivity index (χ2n) is 5.19. The van der Waals surface area contributed by atoms with Crippen LogP contribution >= 0.6 is 11.8 Å². The Kier molecular flexibility index (Phi) is 4.95. The van der Waals surface area contributed by atoms with Crippen molar-refractivity contribution in [3.8, 4) is 5.75 Å². The maximum absolute atomic E-state index is 9.49. The normalized spacial score (nSPS) is 24.2. The van der Waals surface area contributed by atoms with E-state index in [9.17, 15) is 5.11 Å². The van der Waals surface area contributed by atoms with Crippen LogP contribution in [-0.2, 0) is 0 Å². The Labute approximate surface area is 114 Å². The van der Waals surface area contributed by atoms with Crippen LogP contribution in [0.25, 0.3) is 0 Å². The average Bonchev–Trinajstić information content (AvgIpc) is 2.34. The summed E-state index contributed by atoms with van der Waals surface area (Å²) in [7, 11) is 0. The van der Waals surface area contributed by atoms with Crippen molar-refractivity contribution in [3.63, 3.8) is 0 Å². The monoisotopic (exact) mass is 266 g/mol. The summed E-state index contributed by atoms with van der Waals surface area (Å²) in [5.74, 6) is 0.938. The lowest BCUT2D eigenvalue weighted by Gasteiger charge is -2.24. The molecule has 2 nitrogen and oxygen atoms in total. The van der Waals surface area contributed by atoms with Gasteiger partial charge in [0.2, 0.25) is 0 Å². The lowest BCUT2D eigenvalue weighted by atomic mass is 9.97. The van der Waals surface area contributed by atoms with Crippen molar-refractivity contribution in [2.24, 2.45) is 0 Å². The Balaban J connectivity index is 1.86. The fourth-order valence-electron chi connectivity index (χ4n) is 2.22. The topological polar surface area (TPSA) is 29.5 Å². The molecule has 0 heterocycles. The highest BCUT2D eigenvalue weighted by atomic mass is 32.2. The molecule has 1 aromatic rings. The third kappa shape index (κ3) is 4.21. The van der Waals surface area contributed by atoms with Crippen molar-refractivity contribution in [2.75, 3.05) is 0 Å². The summed E-state index contributed by atoms with van der Waals surface area (Å²) in [6, 6.07) is 8.35. The molecule has 0 saturated heterocycles. The molecule has 1 fully saturated rings. The highest BCUT2D eigenvalue weighted by Crippen LogP contribution is 2.34. The highest BCUT2D eigenvalue weighted by molar-refractivity contribution is 8.00. The van der Waals surface area contributed by atoms with Gasteiger partial charge in [-0.05, 0) is 63.8 Å². The predicted molar refractivity (Wildman–Crippen MR) is 76.3 cm³/mol. The Morgan fingerprint density at radius 3 is 2.28 bits per heavy atom. The van der Waals surface area contributed by atoms with Gasteiger partial charge in [-0.2, -0.15) is 0 Å².